The summed E-state index contributed by atoms with van der Waals surface area (Å²) in [6, 6.07) is 1.89. The van der Waals surface area contributed by atoms with Gasteiger partial charge in [0.2, 0.25) is 0 Å². The molecule has 0 unspecified atom stereocenters. The lowest BCUT2D eigenvalue weighted by atomic mass is 10.2. The van der Waals surface area contributed by atoms with Gasteiger partial charge >= 0.3 is 0 Å². The first-order chi connectivity index (χ1) is 6.34. The summed E-state index contributed by atoms with van der Waals surface area (Å²) < 4.78 is 0. The van der Waals surface area contributed by atoms with Crippen LogP contribution in [0.2, 0.25) is 0 Å². The van der Waals surface area contributed by atoms with Crippen LogP contribution in [0.4, 0.5) is 0 Å². The van der Waals surface area contributed by atoms with Gasteiger partial charge < -0.3 is 4.84 Å². The van der Waals surface area contributed by atoms with Gasteiger partial charge in [0.25, 0.3) is 0 Å². The number of hydrogen-bond donors (Lipinski definition) is 0. The molecule has 1 rings (SSSR count). The first-order valence-electron chi connectivity index (χ1n) is 4.01. The molecule has 0 amide bonds. The zero-order valence-electron chi connectivity index (χ0n) is 8.01. The summed E-state index contributed by atoms with van der Waals surface area (Å²) in [7, 11) is 0. The van der Waals surface area contributed by atoms with Crippen LogP contribution in [0.3, 0.4) is 0 Å². The van der Waals surface area contributed by atoms with Gasteiger partial charge in [-0.25, -0.2) is 0 Å². The fourth-order valence-electron chi connectivity index (χ4n) is 0.819. The van der Waals surface area contributed by atoms with Crippen LogP contribution in [0.15, 0.2) is 36.3 Å². The number of aryl methyl sites for hydroxylation is 1. The Kier molecular flexibility index (Phi) is 6.41. The Labute approximate surface area is 89.9 Å². The third kappa shape index (κ3) is 4.05. The number of halogens is 1. The molecule has 3 nitrogen and oxygen atoms in total. The number of pyridine rings is 1. The van der Waals surface area contributed by atoms with Gasteiger partial charge in [-0.1, -0.05) is 17.8 Å². The SMILES string of the molecule is C=CCON=Cc1ccncc1C.Cl. The molecule has 76 valence electrons. The standard InChI is InChI=1S/C10H12N2O.ClH/c1-3-6-13-12-8-10-4-5-11-7-9(10)2;/h3-5,7-8H,1,6H2,2H3;1H. The van der Waals surface area contributed by atoms with Crippen LogP contribution in [0.5, 0.6) is 0 Å². The molecule has 0 aliphatic heterocycles. The monoisotopic (exact) mass is 212 g/mol. The number of hydrogen-bond acceptors (Lipinski definition) is 3. The third-order valence-corrected chi connectivity index (χ3v) is 1.52. The van der Waals surface area contributed by atoms with E-state index in [-0.39, 0.29) is 12.4 Å². The highest BCUT2D eigenvalue weighted by Gasteiger charge is 1.91. The number of nitrogens with zero attached hydrogens (tertiary/aromatic N) is 2. The van der Waals surface area contributed by atoms with Crippen molar-refractivity contribution in [3.63, 3.8) is 0 Å². The molecule has 0 saturated heterocycles. The summed E-state index contributed by atoms with van der Waals surface area (Å²) in [6.45, 7) is 5.92. The molecular weight excluding hydrogens is 200 g/mol. The van der Waals surface area contributed by atoms with Crippen LogP contribution in [0.1, 0.15) is 11.1 Å². The minimum Gasteiger partial charge on any atom is -0.392 e. The first-order valence-corrected chi connectivity index (χ1v) is 4.01. The third-order valence-electron chi connectivity index (χ3n) is 1.52. The van der Waals surface area contributed by atoms with Crippen molar-refractivity contribution in [1.82, 2.24) is 4.98 Å². The van der Waals surface area contributed by atoms with Gasteiger partial charge in [-0.05, 0) is 18.6 Å². The maximum Gasteiger partial charge on any atom is 0.135 e. The minimum absolute atomic E-state index is 0. The van der Waals surface area contributed by atoms with E-state index in [9.17, 15) is 0 Å². The largest absolute Gasteiger partial charge is 0.392 e. The van der Waals surface area contributed by atoms with Crippen LogP contribution < -0.4 is 0 Å². The zero-order valence-corrected chi connectivity index (χ0v) is 8.83. The normalized spacial score (nSPS) is 9.50. The summed E-state index contributed by atoms with van der Waals surface area (Å²) in [5.74, 6) is 0. The predicted octanol–water partition coefficient (Wildman–Crippen LogP) is 2.35. The Bertz CT molecular complexity index is 313. The smallest absolute Gasteiger partial charge is 0.135 e. The molecule has 1 aromatic heterocycles. The molecule has 0 saturated carbocycles. The van der Waals surface area contributed by atoms with E-state index in [4.69, 9.17) is 4.84 Å². The van der Waals surface area contributed by atoms with Crippen LogP contribution in [0, 0.1) is 6.92 Å². The number of oxime groups is 1. The second kappa shape index (κ2) is 7.09. The van der Waals surface area contributed by atoms with E-state index in [1.807, 2.05) is 13.0 Å². The summed E-state index contributed by atoms with van der Waals surface area (Å²) in [4.78, 5) is 8.84. The molecule has 1 aromatic rings. The highest BCUT2D eigenvalue weighted by atomic mass is 35.5. The molecular formula is C10H13ClN2O. The van der Waals surface area contributed by atoms with E-state index in [2.05, 4.69) is 16.7 Å². The van der Waals surface area contributed by atoms with Crippen LogP contribution in [-0.2, 0) is 4.84 Å². The van der Waals surface area contributed by atoms with Gasteiger partial charge in [-0.3, -0.25) is 4.98 Å². The average molecular weight is 213 g/mol. The summed E-state index contributed by atoms with van der Waals surface area (Å²) in [5.41, 5.74) is 2.09. The topological polar surface area (TPSA) is 34.5 Å². The first kappa shape index (κ1) is 12.7. The van der Waals surface area contributed by atoms with Gasteiger partial charge in [0.15, 0.2) is 0 Å². The van der Waals surface area contributed by atoms with E-state index in [1.165, 1.54) is 0 Å². The van der Waals surface area contributed by atoms with E-state index >= 15 is 0 Å². The minimum atomic E-state index is 0. The van der Waals surface area contributed by atoms with Gasteiger partial charge in [0.1, 0.15) is 6.61 Å². The second-order valence-electron chi connectivity index (χ2n) is 2.55. The summed E-state index contributed by atoms with van der Waals surface area (Å²) >= 11 is 0. The van der Waals surface area contributed by atoms with E-state index in [0.29, 0.717) is 6.61 Å². The van der Waals surface area contributed by atoms with Crippen molar-refractivity contribution >= 4 is 18.6 Å². The van der Waals surface area contributed by atoms with E-state index in [1.54, 1.807) is 24.7 Å². The summed E-state index contributed by atoms with van der Waals surface area (Å²) in [6.07, 6.45) is 6.83. The number of rotatable bonds is 4. The maximum atomic E-state index is 4.87. The highest BCUT2D eigenvalue weighted by molar-refractivity contribution is 5.85. The van der Waals surface area contributed by atoms with Crippen LogP contribution in [0.25, 0.3) is 0 Å². The lowest BCUT2D eigenvalue weighted by Gasteiger charge is -1.96. The molecule has 0 aromatic carbocycles. The Balaban J connectivity index is 0.00000169. The Morgan fingerprint density at radius 2 is 2.43 bits per heavy atom. The van der Waals surface area contributed by atoms with Crippen molar-refractivity contribution in [2.24, 2.45) is 5.16 Å². The molecule has 0 fully saturated rings. The Morgan fingerprint density at radius 1 is 1.64 bits per heavy atom. The van der Waals surface area contributed by atoms with Gasteiger partial charge in [0.05, 0.1) is 6.21 Å². The Hall–Kier alpha value is -1.35. The van der Waals surface area contributed by atoms with Crippen LogP contribution >= 0.6 is 12.4 Å². The van der Waals surface area contributed by atoms with Crippen molar-refractivity contribution in [2.45, 2.75) is 6.92 Å². The van der Waals surface area contributed by atoms with Gasteiger partial charge in [0, 0.05) is 18.0 Å². The van der Waals surface area contributed by atoms with Crippen molar-refractivity contribution < 1.29 is 4.84 Å². The molecule has 4 heteroatoms. The molecule has 1 heterocycles. The van der Waals surface area contributed by atoms with Crippen molar-refractivity contribution in [3.05, 3.63) is 42.2 Å². The molecule has 0 atom stereocenters. The molecule has 14 heavy (non-hydrogen) atoms. The molecule has 0 aliphatic carbocycles. The lowest BCUT2D eigenvalue weighted by Crippen LogP contribution is -1.89. The van der Waals surface area contributed by atoms with Crippen molar-refractivity contribution in [3.8, 4) is 0 Å². The zero-order chi connectivity index (χ0) is 9.52. The Morgan fingerprint density at radius 3 is 3.07 bits per heavy atom. The van der Waals surface area contributed by atoms with Gasteiger partial charge in [-0.2, -0.15) is 0 Å². The molecule has 0 spiro atoms. The fraction of sp³-hybridized carbons (Fsp3) is 0.200. The van der Waals surface area contributed by atoms with Crippen LogP contribution in [-0.4, -0.2) is 17.8 Å². The number of aromatic nitrogens is 1. The molecule has 0 bridgehead atoms. The summed E-state index contributed by atoms with van der Waals surface area (Å²) in [5, 5.41) is 3.77. The molecule has 0 aliphatic rings. The molecule has 0 N–H and O–H groups in total. The quantitative estimate of drug-likeness (QED) is 0.332. The molecule has 0 radical (unpaired) electrons. The van der Waals surface area contributed by atoms with E-state index in [0.717, 1.165) is 11.1 Å². The van der Waals surface area contributed by atoms with Gasteiger partial charge in [-0.15, -0.1) is 12.4 Å². The van der Waals surface area contributed by atoms with Crippen molar-refractivity contribution in [1.29, 1.82) is 0 Å². The highest BCUT2D eigenvalue weighted by Crippen LogP contribution is 2.00. The predicted molar refractivity (Wildman–Crippen MR) is 60.0 cm³/mol. The maximum absolute atomic E-state index is 4.87. The average Bonchev–Trinajstić information content (AvgIpc) is 2.15. The van der Waals surface area contributed by atoms with Crippen molar-refractivity contribution in [2.75, 3.05) is 6.61 Å². The van der Waals surface area contributed by atoms with E-state index < -0.39 is 0 Å². The lowest BCUT2D eigenvalue weighted by molar-refractivity contribution is 0.176. The second-order valence-corrected chi connectivity index (χ2v) is 2.55. The fourth-order valence-corrected chi connectivity index (χ4v) is 0.819.